The molecule has 33 heteroatoms. The summed E-state index contributed by atoms with van der Waals surface area (Å²) < 4.78 is 0. The number of anilines is 1. The average Bonchev–Trinajstić information content (AvgIpc) is 1.62. The van der Waals surface area contributed by atoms with Crippen LogP contribution in [0, 0.1) is 17.8 Å². The van der Waals surface area contributed by atoms with E-state index >= 15 is 0 Å². The summed E-state index contributed by atoms with van der Waals surface area (Å²) >= 11 is 5.79. The number of nitrogens with zero attached hydrogens (tertiary/aromatic N) is 4. The second kappa shape index (κ2) is 43.0. The van der Waals surface area contributed by atoms with Crippen molar-refractivity contribution in [2.24, 2.45) is 39.9 Å². The maximum absolute atomic E-state index is 14.9. The number of carboxylic acids is 4. The number of aliphatic carboxylic acids is 4. The van der Waals surface area contributed by atoms with Crippen LogP contribution >= 0.6 is 12.2 Å². The largest absolute Gasteiger partial charge is 3.00 e. The number of aromatic nitrogens is 1. The van der Waals surface area contributed by atoms with Gasteiger partial charge in [0.15, 0.2) is 11.1 Å². The van der Waals surface area contributed by atoms with Crippen LogP contribution in [0.5, 0.6) is 0 Å². The number of hydrogen-bond acceptors (Lipinski definition) is 16. The molecule has 19 N–H and O–H groups in total. The Balaban J connectivity index is 0.0000220. The molecule has 2 heterocycles. The Hall–Kier alpha value is -9.15. The minimum Gasteiger partial charge on any atom is -0.480 e. The van der Waals surface area contributed by atoms with E-state index in [1.165, 1.54) is 0 Å². The quantitative estimate of drug-likeness (QED) is 0.00946. The standard InChI is InChI=1S/C69H100N16O15S.Ga/c1-7-42(6)60(82-69(101)75-46-21-19-44(20-22-46)32-47-36-84(38-58(89)90)27-26-83(37-57(87)88)28-29-85(47)39-59(91)92)66(98)81-54(33-43-14-9-8-10-15-43)64(96)79-52(30-40(2)3)62(94)78-53(31-41(4)5)63(95)80-55(34-45-35-74-49-17-12-11-16-48(45)49)65(97)76-50(23-24-56(70)86)61(93)77-51(67(99)100)18-13-25-73-68(71)72;/h8-12,14-17,19-22,35,40-42,47,50-55,60,74H,7,13,18,23-34,36-39H2,1-6H3,(H2,70,86)(H,76,97)(H,77,93)(H,78,94)(H,79,96)(H,80,95)(H,81,98)(H,87,88)(H,89,90)(H,91,92)(H,99,100)(H4,71,72,73)(H2,75,82,101);/q;+3/t42-,47?,50-,51-,52-,53-,54-,55-,60-;/m0./s1/i;1-2. The normalized spacial score (nSPS) is 16.0. The average molecular weight is 1490 g/mol. The number of para-hydroxylation sites is 1. The van der Waals surface area contributed by atoms with Gasteiger partial charge in [-0.3, -0.25) is 67.6 Å². The van der Waals surface area contributed by atoms with Crippen LogP contribution < -0.4 is 59.7 Å². The van der Waals surface area contributed by atoms with E-state index in [-0.39, 0.29) is 152 Å². The first-order valence-electron chi connectivity index (χ1n) is 33.9. The minimum atomic E-state index is -1.53. The van der Waals surface area contributed by atoms with Crippen molar-refractivity contribution in [1.82, 2.24) is 56.9 Å². The molecule has 31 nitrogen and oxygen atoms in total. The third kappa shape index (κ3) is 29.8. The number of carboxylic acid groups (broad SMARTS) is 4. The number of benzene rings is 3. The number of primary amides is 1. The Kier molecular flexibility index (Phi) is 35.9. The number of rotatable bonds is 40. The molecule has 0 aliphatic carbocycles. The minimum absolute atomic E-state index is 0. The van der Waals surface area contributed by atoms with E-state index in [4.69, 9.17) is 29.4 Å². The van der Waals surface area contributed by atoms with E-state index in [0.717, 1.165) is 5.56 Å². The van der Waals surface area contributed by atoms with Crippen molar-refractivity contribution in [3.63, 3.8) is 0 Å². The van der Waals surface area contributed by atoms with E-state index in [0.29, 0.717) is 40.6 Å². The van der Waals surface area contributed by atoms with Crippen molar-refractivity contribution in [3.05, 3.63) is 102 Å². The van der Waals surface area contributed by atoms with Crippen molar-refractivity contribution >= 4 is 125 Å². The molecular weight excluding hydrogens is 1390 g/mol. The first-order chi connectivity index (χ1) is 47.9. The number of hydrogen-bond donors (Lipinski definition) is 16. The summed E-state index contributed by atoms with van der Waals surface area (Å²) in [7, 11) is 0. The zero-order valence-corrected chi connectivity index (χ0v) is 61.9. The molecule has 1 aliphatic heterocycles. The predicted molar refractivity (Wildman–Crippen MR) is 388 cm³/mol. The topological polar surface area (TPSA) is 481 Å². The fourth-order valence-corrected chi connectivity index (χ4v) is 12.0. The number of fused-ring (bicyclic) bond motifs is 1. The molecule has 4 aromatic rings. The summed E-state index contributed by atoms with van der Waals surface area (Å²) in [5.74, 6) is -11.2. The predicted octanol–water partition coefficient (Wildman–Crippen LogP) is 0.463. The van der Waals surface area contributed by atoms with Gasteiger partial charge >= 0.3 is 43.7 Å². The fourth-order valence-electron chi connectivity index (χ4n) is 11.8. The number of nitrogens with one attached hydrogen (secondary N) is 9. The summed E-state index contributed by atoms with van der Waals surface area (Å²) in [6, 6.07) is 13.4. The van der Waals surface area contributed by atoms with Crippen LogP contribution in [-0.2, 0) is 72.0 Å². The zero-order chi connectivity index (χ0) is 74.5. The van der Waals surface area contributed by atoms with E-state index in [9.17, 15) is 73.2 Å². The number of carbonyl (C=O) groups excluding carboxylic acids is 7. The van der Waals surface area contributed by atoms with Crippen molar-refractivity contribution in [3.8, 4) is 0 Å². The monoisotopic (exact) mass is 1490 g/mol. The zero-order valence-electron chi connectivity index (χ0n) is 58.7. The second-order valence-electron chi connectivity index (χ2n) is 26.4. The van der Waals surface area contributed by atoms with Crippen molar-refractivity contribution in [1.29, 1.82) is 0 Å². The molecule has 0 spiro atoms. The molecule has 0 radical (unpaired) electrons. The second-order valence-corrected chi connectivity index (χ2v) is 26.8. The van der Waals surface area contributed by atoms with E-state index in [1.54, 1.807) is 93.7 Å². The van der Waals surface area contributed by atoms with Crippen molar-refractivity contribution < 1.29 is 73.2 Å². The number of guanidine groups is 1. The number of nitrogens with two attached hydrogens (primary N) is 3. The summed E-state index contributed by atoms with van der Waals surface area (Å²) in [5.41, 5.74) is 19.6. The Morgan fingerprint density at radius 2 is 1.09 bits per heavy atom. The van der Waals surface area contributed by atoms with Crippen LogP contribution in [0.1, 0.15) is 103 Å². The Morgan fingerprint density at radius 1 is 0.578 bits per heavy atom. The first kappa shape index (κ1) is 85.3. The van der Waals surface area contributed by atoms with Gasteiger partial charge in [0.05, 0.1) is 19.6 Å². The molecule has 0 bridgehead atoms. The van der Waals surface area contributed by atoms with Crippen LogP contribution in [0.25, 0.3) is 10.9 Å². The Morgan fingerprint density at radius 3 is 1.66 bits per heavy atom. The molecule has 1 aromatic heterocycles. The molecule has 102 heavy (non-hydrogen) atoms. The van der Waals surface area contributed by atoms with E-state index in [2.05, 4.69) is 52.5 Å². The van der Waals surface area contributed by atoms with Crippen LogP contribution in [0.4, 0.5) is 5.69 Å². The first-order valence-corrected chi connectivity index (χ1v) is 34.3. The van der Waals surface area contributed by atoms with Gasteiger partial charge in [0, 0.05) is 87.4 Å². The smallest absolute Gasteiger partial charge is 0.480 e. The third-order valence-corrected chi connectivity index (χ3v) is 17.4. The molecule has 9 atom stereocenters. The van der Waals surface area contributed by atoms with Crippen molar-refractivity contribution in [2.75, 3.05) is 64.2 Å². The molecule has 1 saturated heterocycles. The Labute approximate surface area is 611 Å². The number of amides is 7. The number of carbonyl (C=O) groups is 11. The van der Waals surface area contributed by atoms with Gasteiger partial charge in [0.25, 0.3) is 0 Å². The van der Waals surface area contributed by atoms with Gasteiger partial charge in [-0.25, -0.2) is 4.79 Å². The van der Waals surface area contributed by atoms with E-state index < -0.39 is 120 Å². The number of H-pyrrole nitrogens is 1. The summed E-state index contributed by atoms with van der Waals surface area (Å²) in [4.78, 5) is 160. The van der Waals surface area contributed by atoms with Gasteiger partial charge in [0.2, 0.25) is 41.4 Å². The SMILES string of the molecule is CC[C@H](C)[C@H](NC(=S)Nc1ccc(CC2CN(CC(=O)O)CCN(CC(=O)O)CCN2CC(=O)O)cc1)C(=O)N[C@@H](Cc1ccccc1)C(=O)N[C@@H](CC(C)C)C(=O)N[C@@H](CC(C)C)C(=O)N[C@@H](Cc1c[nH]c2ccccc12)C(=O)N[C@@H](CCC(N)=O)C(=O)N[C@@H](CCCN=C(N)N)C(=O)O.[68Ga+3]. The van der Waals surface area contributed by atoms with Crippen molar-refractivity contribution in [2.45, 2.75) is 154 Å². The van der Waals surface area contributed by atoms with Crippen LogP contribution in [0.2, 0.25) is 0 Å². The van der Waals surface area contributed by atoms with Gasteiger partial charge in [-0.05, 0) is 103 Å². The Bertz CT molecular complexity index is 3510. The maximum Gasteiger partial charge on any atom is 3.00 e. The summed E-state index contributed by atoms with van der Waals surface area (Å²) in [6.07, 6.45) is 1.68. The molecule has 1 fully saturated rings. The number of aromatic amines is 1. The molecule has 1 aliphatic rings. The molecule has 7 amide bonds. The molecule has 3 aromatic carbocycles. The molecule has 552 valence electrons. The molecule has 0 saturated carbocycles. The van der Waals surface area contributed by atoms with Crippen LogP contribution in [0.15, 0.2) is 90.1 Å². The molecular formula is C69H100GaN16O15S+3. The summed E-state index contributed by atoms with van der Waals surface area (Å²) in [5, 5.41) is 62.6. The van der Waals surface area contributed by atoms with Gasteiger partial charge in [-0.2, -0.15) is 0 Å². The maximum atomic E-state index is 14.9. The van der Waals surface area contributed by atoms with Crippen LogP contribution in [0.3, 0.4) is 0 Å². The fraction of sp³-hybridized carbons (Fsp3) is 0.522. The molecule has 5 rings (SSSR count). The number of aliphatic imine (C=N–C) groups is 1. The summed E-state index contributed by atoms with van der Waals surface area (Å²) in [6.45, 7) is 11.3. The molecule has 1 unspecified atom stereocenters. The van der Waals surface area contributed by atoms with E-state index in [1.807, 2.05) is 47.6 Å². The van der Waals surface area contributed by atoms with Gasteiger partial charge < -0.3 is 85.1 Å². The third-order valence-electron chi connectivity index (χ3n) is 17.1. The van der Waals surface area contributed by atoms with Gasteiger partial charge in [0.1, 0.15) is 42.3 Å². The van der Waals surface area contributed by atoms with Gasteiger partial charge in [-0.1, -0.05) is 109 Å². The number of thiocarbonyl (C=S) groups is 1. The van der Waals surface area contributed by atoms with Gasteiger partial charge in [-0.15, -0.1) is 0 Å². The van der Waals surface area contributed by atoms with Crippen LogP contribution in [-0.4, -0.2) is 243 Å².